The van der Waals surface area contributed by atoms with E-state index in [9.17, 15) is 4.79 Å². The predicted octanol–water partition coefficient (Wildman–Crippen LogP) is 0.00700. The lowest BCUT2D eigenvalue weighted by atomic mass is 9.64. The molecule has 0 aromatic heterocycles. The summed E-state index contributed by atoms with van der Waals surface area (Å²) < 4.78 is 2.32. The van der Waals surface area contributed by atoms with Crippen LogP contribution >= 0.6 is 0 Å². The van der Waals surface area contributed by atoms with E-state index in [2.05, 4.69) is 47.7 Å². The Bertz CT molecular complexity index is 842. The number of nitrogens with two attached hydrogens (primary N) is 1. The van der Waals surface area contributed by atoms with Crippen LogP contribution < -0.4 is 29.7 Å². The summed E-state index contributed by atoms with van der Waals surface area (Å²) in [6, 6.07) is 20.8. The van der Waals surface area contributed by atoms with E-state index < -0.39 is 5.41 Å². The first-order valence-electron chi connectivity index (χ1n) is 10.3. The molecule has 1 heterocycles. The number of primary amides is 1. The van der Waals surface area contributed by atoms with E-state index in [0.29, 0.717) is 6.04 Å². The van der Waals surface area contributed by atoms with Gasteiger partial charge in [-0.1, -0.05) is 60.7 Å². The van der Waals surface area contributed by atoms with Crippen LogP contribution in [0.2, 0.25) is 0 Å². The standard InChI is InChI=1S/C24H29N3O.HI/c1-18-26(2)15-16-27(18)22-14-13-21(17-22)24(23(25)28,19-9-5-3-6-10-19)20-11-7-4-8-12-20;/h3-12,21-22H,13-17H2,1-2H3,(H-,25,28);1H/t21-,22+;/m0./s1. The summed E-state index contributed by atoms with van der Waals surface area (Å²) in [6.45, 7) is 4.35. The van der Waals surface area contributed by atoms with E-state index in [1.807, 2.05) is 36.4 Å². The Kier molecular flexibility index (Phi) is 6.66. The number of benzene rings is 2. The summed E-state index contributed by atoms with van der Waals surface area (Å²) in [5.41, 5.74) is 7.44. The minimum absolute atomic E-state index is 0. The van der Waals surface area contributed by atoms with Gasteiger partial charge in [-0.3, -0.25) is 14.3 Å². The van der Waals surface area contributed by atoms with Crippen molar-refractivity contribution >= 4 is 11.7 Å². The SMILES string of the molecule is CC1=[N+](C)CCN1[C@@H]1CC[C@H](C(C(N)=O)(c2ccccc2)c2ccccc2)C1.[I-]. The lowest BCUT2D eigenvalue weighted by Gasteiger charge is -2.37. The number of carbonyl (C=O) groups is 1. The van der Waals surface area contributed by atoms with Gasteiger partial charge >= 0.3 is 0 Å². The van der Waals surface area contributed by atoms with Crippen LogP contribution in [-0.2, 0) is 10.2 Å². The Labute approximate surface area is 190 Å². The summed E-state index contributed by atoms with van der Waals surface area (Å²) in [4.78, 5) is 15.7. The molecule has 1 aliphatic carbocycles. The van der Waals surface area contributed by atoms with Gasteiger partial charge in [0.2, 0.25) is 11.7 Å². The molecule has 1 saturated carbocycles. The molecule has 2 aliphatic rings. The molecule has 1 amide bonds. The molecule has 5 heteroatoms. The molecule has 2 atom stereocenters. The zero-order valence-corrected chi connectivity index (χ0v) is 19.4. The molecule has 4 rings (SSSR count). The Balaban J connectivity index is 0.00000240. The van der Waals surface area contributed by atoms with Crippen molar-refractivity contribution in [3.8, 4) is 0 Å². The first kappa shape index (κ1) is 21.8. The van der Waals surface area contributed by atoms with Gasteiger partial charge in [0.1, 0.15) is 18.5 Å². The molecule has 1 aliphatic heterocycles. The van der Waals surface area contributed by atoms with E-state index in [0.717, 1.165) is 43.5 Å². The largest absolute Gasteiger partial charge is 1.00 e. The summed E-state index contributed by atoms with van der Waals surface area (Å²) in [7, 11) is 2.16. The lowest BCUT2D eigenvalue weighted by Crippen LogP contribution is -3.00. The van der Waals surface area contributed by atoms with Crippen LogP contribution in [0.15, 0.2) is 60.7 Å². The quantitative estimate of drug-likeness (QED) is 0.462. The number of halogens is 1. The van der Waals surface area contributed by atoms with E-state index in [-0.39, 0.29) is 35.8 Å². The number of carbonyl (C=O) groups excluding carboxylic acids is 1. The molecule has 2 aromatic carbocycles. The van der Waals surface area contributed by atoms with Crippen LogP contribution in [-0.4, -0.2) is 47.4 Å². The molecule has 2 N–H and O–H groups in total. The highest BCUT2D eigenvalue weighted by Crippen LogP contribution is 2.48. The maximum Gasteiger partial charge on any atom is 0.243 e. The van der Waals surface area contributed by atoms with Gasteiger partial charge < -0.3 is 29.7 Å². The molecule has 0 radical (unpaired) electrons. The third kappa shape index (κ3) is 3.69. The summed E-state index contributed by atoms with van der Waals surface area (Å²) in [5, 5.41) is 0. The molecule has 0 unspecified atom stereocenters. The van der Waals surface area contributed by atoms with E-state index >= 15 is 0 Å². The van der Waals surface area contributed by atoms with Crippen LogP contribution in [0.3, 0.4) is 0 Å². The molecule has 1 fully saturated rings. The monoisotopic (exact) mass is 503 g/mol. The summed E-state index contributed by atoms with van der Waals surface area (Å²) >= 11 is 0. The van der Waals surface area contributed by atoms with E-state index in [4.69, 9.17) is 5.73 Å². The Morgan fingerprint density at radius 1 is 1.03 bits per heavy atom. The highest BCUT2D eigenvalue weighted by molar-refractivity contribution is 5.91. The first-order valence-corrected chi connectivity index (χ1v) is 10.3. The third-order valence-corrected chi connectivity index (χ3v) is 6.95. The number of amidine groups is 1. The van der Waals surface area contributed by atoms with Crippen molar-refractivity contribution in [2.45, 2.75) is 37.6 Å². The number of rotatable bonds is 5. The van der Waals surface area contributed by atoms with Crippen LogP contribution in [0.5, 0.6) is 0 Å². The minimum Gasteiger partial charge on any atom is -1.00 e. The zero-order chi connectivity index (χ0) is 19.7. The highest BCUT2D eigenvalue weighted by Gasteiger charge is 2.52. The second kappa shape index (κ2) is 8.86. The number of amides is 1. The number of nitrogens with zero attached hydrogens (tertiary/aromatic N) is 2. The van der Waals surface area contributed by atoms with Gasteiger partial charge in [-0.05, 0) is 36.3 Å². The molecule has 29 heavy (non-hydrogen) atoms. The molecule has 154 valence electrons. The van der Waals surface area contributed by atoms with Gasteiger partial charge in [0.05, 0.1) is 13.1 Å². The second-order valence-electron chi connectivity index (χ2n) is 8.23. The smallest absolute Gasteiger partial charge is 0.243 e. The second-order valence-corrected chi connectivity index (χ2v) is 8.23. The molecule has 0 saturated heterocycles. The van der Waals surface area contributed by atoms with Gasteiger partial charge in [0, 0.05) is 6.92 Å². The molecular formula is C24H30IN3O. The van der Waals surface area contributed by atoms with Crippen molar-refractivity contribution in [3.63, 3.8) is 0 Å². The fraction of sp³-hybridized carbons (Fsp3) is 0.417. The number of likely N-dealkylation sites (N-methyl/N-ethyl adjacent to an activating group) is 1. The van der Waals surface area contributed by atoms with Crippen LogP contribution in [0.1, 0.15) is 37.3 Å². The van der Waals surface area contributed by atoms with Gasteiger partial charge in [0.25, 0.3) is 0 Å². The molecule has 0 bridgehead atoms. The van der Waals surface area contributed by atoms with Gasteiger partial charge in [-0.25, -0.2) is 0 Å². The topological polar surface area (TPSA) is 49.3 Å². The van der Waals surface area contributed by atoms with Crippen LogP contribution in [0.4, 0.5) is 0 Å². The van der Waals surface area contributed by atoms with Crippen molar-refractivity contribution in [2.75, 3.05) is 20.1 Å². The van der Waals surface area contributed by atoms with E-state index in [1.54, 1.807) is 0 Å². The van der Waals surface area contributed by atoms with Crippen molar-refractivity contribution in [2.24, 2.45) is 11.7 Å². The van der Waals surface area contributed by atoms with Gasteiger partial charge in [0.15, 0.2) is 0 Å². The fourth-order valence-electron chi connectivity index (χ4n) is 5.41. The van der Waals surface area contributed by atoms with Crippen LogP contribution in [0, 0.1) is 5.92 Å². The molecular weight excluding hydrogens is 473 g/mol. The maximum absolute atomic E-state index is 13.1. The number of hydrogen-bond donors (Lipinski definition) is 1. The van der Waals surface area contributed by atoms with Gasteiger partial charge in [-0.15, -0.1) is 0 Å². The van der Waals surface area contributed by atoms with Gasteiger partial charge in [-0.2, -0.15) is 0 Å². The average molecular weight is 503 g/mol. The highest BCUT2D eigenvalue weighted by atomic mass is 127. The third-order valence-electron chi connectivity index (χ3n) is 6.95. The Morgan fingerprint density at radius 2 is 1.59 bits per heavy atom. The van der Waals surface area contributed by atoms with Crippen molar-refractivity contribution in [1.82, 2.24) is 4.90 Å². The molecule has 2 aromatic rings. The van der Waals surface area contributed by atoms with Crippen molar-refractivity contribution in [3.05, 3.63) is 71.8 Å². The Morgan fingerprint density at radius 3 is 2.03 bits per heavy atom. The maximum atomic E-state index is 13.1. The van der Waals surface area contributed by atoms with E-state index in [1.165, 1.54) is 5.84 Å². The normalized spacial score (nSPS) is 21.9. The first-order chi connectivity index (χ1) is 13.5. The Hall–Kier alpha value is -1.89. The lowest BCUT2D eigenvalue weighted by molar-refractivity contribution is -0.487. The summed E-state index contributed by atoms with van der Waals surface area (Å²) in [6.07, 6.45) is 3.09. The fourth-order valence-corrected chi connectivity index (χ4v) is 5.41. The molecule has 4 nitrogen and oxygen atoms in total. The predicted molar refractivity (Wildman–Crippen MR) is 112 cm³/mol. The average Bonchev–Trinajstić information content (AvgIpc) is 3.32. The van der Waals surface area contributed by atoms with Crippen LogP contribution in [0.25, 0.3) is 0 Å². The van der Waals surface area contributed by atoms with Crippen molar-refractivity contribution < 1.29 is 33.3 Å². The number of hydrogen-bond acceptors (Lipinski definition) is 2. The van der Waals surface area contributed by atoms with Crippen molar-refractivity contribution in [1.29, 1.82) is 0 Å². The minimum atomic E-state index is -0.781. The molecule has 0 spiro atoms. The summed E-state index contributed by atoms with van der Waals surface area (Å²) in [5.74, 6) is 1.29. The zero-order valence-electron chi connectivity index (χ0n) is 17.2.